The number of cyclic esters (lactones) is 1. The summed E-state index contributed by atoms with van der Waals surface area (Å²) in [5.74, 6) is -2.80. The quantitative estimate of drug-likeness (QED) is 0.381. The van der Waals surface area contributed by atoms with E-state index in [1.54, 1.807) is 11.0 Å². The van der Waals surface area contributed by atoms with Crippen LogP contribution in [-0.2, 0) is 28.6 Å². The first-order valence-electron chi connectivity index (χ1n) is 13.2. The van der Waals surface area contributed by atoms with Crippen molar-refractivity contribution in [1.29, 1.82) is 0 Å². The first-order valence-corrected chi connectivity index (χ1v) is 13.2. The molecule has 198 valence electrons. The first kappa shape index (κ1) is 25.4. The van der Waals surface area contributed by atoms with E-state index in [2.05, 4.69) is 4.90 Å². The Labute approximate surface area is 211 Å². The van der Waals surface area contributed by atoms with Gasteiger partial charge in [0, 0.05) is 32.7 Å². The van der Waals surface area contributed by atoms with Crippen LogP contribution in [0.1, 0.15) is 26.7 Å². The van der Waals surface area contributed by atoms with Crippen molar-refractivity contribution in [1.82, 2.24) is 14.7 Å². The van der Waals surface area contributed by atoms with Crippen molar-refractivity contribution < 1.29 is 33.7 Å². The summed E-state index contributed by atoms with van der Waals surface area (Å²) in [6.07, 6.45) is 8.26. The molecule has 3 fully saturated rings. The van der Waals surface area contributed by atoms with E-state index >= 15 is 0 Å². The SMILES string of the molecule is CC[C@@H](CO)N1C(=O)[C@@H]2[C@@H]3C(=O)OCC=C[C@]3(CC)O[C@@]23C=CCN(CCN2CCOCC2)C(=O)C13. The highest BCUT2D eigenvalue weighted by molar-refractivity contribution is 5.99. The van der Waals surface area contributed by atoms with E-state index in [9.17, 15) is 19.5 Å². The van der Waals surface area contributed by atoms with Crippen LogP contribution in [0.15, 0.2) is 24.3 Å². The Morgan fingerprint density at radius 2 is 1.83 bits per heavy atom. The van der Waals surface area contributed by atoms with Gasteiger partial charge in [-0.1, -0.05) is 32.1 Å². The van der Waals surface area contributed by atoms with Crippen molar-refractivity contribution in [2.75, 3.05) is 59.2 Å². The average Bonchev–Trinajstić information content (AvgIpc) is 3.17. The van der Waals surface area contributed by atoms with Crippen LogP contribution in [0.5, 0.6) is 0 Å². The molecule has 0 bridgehead atoms. The fourth-order valence-electron chi connectivity index (χ4n) is 6.68. The van der Waals surface area contributed by atoms with Crippen LogP contribution in [0.25, 0.3) is 0 Å². The molecule has 5 heterocycles. The molecule has 2 amide bonds. The van der Waals surface area contributed by atoms with Gasteiger partial charge < -0.3 is 29.1 Å². The molecule has 3 saturated heterocycles. The number of carbonyl (C=O) groups is 3. The molecular formula is C26H37N3O7. The molecule has 0 aliphatic carbocycles. The number of hydrogen-bond donors (Lipinski definition) is 1. The standard InChI is InChI=1S/C26H37N3O7/c1-3-18(17-30)29-21-23(32)28(11-10-27-12-15-34-16-13-27)9-5-8-26(21)19(22(29)31)20-24(33)35-14-6-7-25(20,4-2)36-26/h5-8,18-21,30H,3-4,9-17H2,1-2H3/t18-,19-,20+,21?,25-,26-/m0/s1. The first-order chi connectivity index (χ1) is 17.4. The number of amides is 2. The maximum absolute atomic E-state index is 14.2. The van der Waals surface area contributed by atoms with Crippen molar-refractivity contribution >= 4 is 17.8 Å². The molecule has 0 radical (unpaired) electrons. The third kappa shape index (κ3) is 3.81. The number of ether oxygens (including phenoxy) is 3. The molecule has 1 spiro atoms. The van der Waals surface area contributed by atoms with Gasteiger partial charge in [-0.2, -0.15) is 0 Å². The van der Waals surface area contributed by atoms with Gasteiger partial charge in [-0.15, -0.1) is 0 Å². The Balaban J connectivity index is 1.54. The zero-order valence-electron chi connectivity index (χ0n) is 21.1. The van der Waals surface area contributed by atoms with Crippen LogP contribution >= 0.6 is 0 Å². The molecule has 0 saturated carbocycles. The smallest absolute Gasteiger partial charge is 0.313 e. The second kappa shape index (κ2) is 9.89. The van der Waals surface area contributed by atoms with Crippen LogP contribution in [0.3, 0.4) is 0 Å². The third-order valence-electron chi connectivity index (χ3n) is 8.58. The van der Waals surface area contributed by atoms with E-state index in [4.69, 9.17) is 14.2 Å². The van der Waals surface area contributed by atoms with E-state index in [-0.39, 0.29) is 25.0 Å². The molecular weight excluding hydrogens is 466 g/mol. The van der Waals surface area contributed by atoms with Gasteiger partial charge in [0.1, 0.15) is 29.8 Å². The molecule has 1 unspecified atom stereocenters. The number of hydrogen-bond acceptors (Lipinski definition) is 8. The molecule has 0 aromatic heterocycles. The van der Waals surface area contributed by atoms with Crippen LogP contribution in [0, 0.1) is 11.8 Å². The number of fused-ring (bicyclic) bond motifs is 2. The minimum Gasteiger partial charge on any atom is -0.461 e. The maximum Gasteiger partial charge on any atom is 0.313 e. The van der Waals surface area contributed by atoms with E-state index < -0.39 is 41.1 Å². The normalized spacial score (nSPS) is 37.3. The number of aliphatic hydroxyl groups excluding tert-OH is 1. The Kier molecular flexibility index (Phi) is 6.97. The molecule has 6 atom stereocenters. The Hall–Kier alpha value is -2.27. The lowest BCUT2D eigenvalue weighted by molar-refractivity contribution is -0.161. The summed E-state index contributed by atoms with van der Waals surface area (Å²) in [6, 6.07) is -1.52. The van der Waals surface area contributed by atoms with Gasteiger partial charge in [0.25, 0.3) is 0 Å². The minimum absolute atomic E-state index is 0.125. The topological polar surface area (TPSA) is 109 Å². The highest BCUT2D eigenvalue weighted by Gasteiger charge is 2.75. The summed E-state index contributed by atoms with van der Waals surface area (Å²) in [5.41, 5.74) is -2.35. The molecule has 5 aliphatic rings. The lowest BCUT2D eigenvalue weighted by Crippen LogP contribution is -2.59. The van der Waals surface area contributed by atoms with E-state index in [0.717, 1.165) is 13.1 Å². The molecule has 0 aromatic carbocycles. The third-order valence-corrected chi connectivity index (χ3v) is 8.58. The van der Waals surface area contributed by atoms with Gasteiger partial charge in [0.05, 0.1) is 31.8 Å². The Bertz CT molecular complexity index is 944. The van der Waals surface area contributed by atoms with Gasteiger partial charge in [0.2, 0.25) is 11.8 Å². The molecule has 10 nitrogen and oxygen atoms in total. The van der Waals surface area contributed by atoms with Crippen LogP contribution in [0.2, 0.25) is 0 Å². The number of carbonyl (C=O) groups excluding carboxylic acids is 3. The number of esters is 1. The maximum atomic E-state index is 14.2. The lowest BCUT2D eigenvalue weighted by atomic mass is 9.73. The number of aliphatic hydroxyl groups is 1. The van der Waals surface area contributed by atoms with Crippen LogP contribution in [0.4, 0.5) is 0 Å². The number of morpholine rings is 1. The Morgan fingerprint density at radius 1 is 1.06 bits per heavy atom. The largest absolute Gasteiger partial charge is 0.461 e. The highest BCUT2D eigenvalue weighted by atomic mass is 16.6. The van der Waals surface area contributed by atoms with Crippen molar-refractivity contribution in [3.05, 3.63) is 24.3 Å². The predicted molar refractivity (Wildman–Crippen MR) is 129 cm³/mol. The average molecular weight is 504 g/mol. The van der Waals surface area contributed by atoms with Gasteiger partial charge >= 0.3 is 5.97 Å². The second-order valence-corrected chi connectivity index (χ2v) is 10.3. The highest BCUT2D eigenvalue weighted by Crippen LogP contribution is 2.58. The summed E-state index contributed by atoms with van der Waals surface area (Å²) < 4.78 is 17.7. The summed E-state index contributed by atoms with van der Waals surface area (Å²) in [6.45, 7) is 8.23. The number of likely N-dealkylation sites (tertiary alicyclic amines) is 1. The molecule has 5 aliphatic heterocycles. The fourth-order valence-corrected chi connectivity index (χ4v) is 6.68. The van der Waals surface area contributed by atoms with E-state index in [1.807, 2.05) is 32.1 Å². The molecule has 5 rings (SSSR count). The zero-order chi connectivity index (χ0) is 25.5. The lowest BCUT2D eigenvalue weighted by Gasteiger charge is -2.40. The number of nitrogens with zero attached hydrogens (tertiary/aromatic N) is 3. The minimum atomic E-state index is -1.31. The zero-order valence-corrected chi connectivity index (χ0v) is 21.1. The Morgan fingerprint density at radius 3 is 2.53 bits per heavy atom. The van der Waals surface area contributed by atoms with Gasteiger partial charge in [0.15, 0.2) is 0 Å². The van der Waals surface area contributed by atoms with Crippen molar-refractivity contribution in [3.63, 3.8) is 0 Å². The van der Waals surface area contributed by atoms with Crippen molar-refractivity contribution in [2.24, 2.45) is 11.8 Å². The van der Waals surface area contributed by atoms with Gasteiger partial charge in [-0.25, -0.2) is 0 Å². The molecule has 36 heavy (non-hydrogen) atoms. The molecule has 10 heteroatoms. The molecule has 0 aromatic rings. The summed E-state index contributed by atoms with van der Waals surface area (Å²) in [4.78, 5) is 47.1. The van der Waals surface area contributed by atoms with Gasteiger partial charge in [-0.3, -0.25) is 19.3 Å². The second-order valence-electron chi connectivity index (χ2n) is 10.3. The summed E-state index contributed by atoms with van der Waals surface area (Å²) >= 11 is 0. The monoisotopic (exact) mass is 503 g/mol. The summed E-state index contributed by atoms with van der Waals surface area (Å²) in [5, 5.41) is 10.2. The van der Waals surface area contributed by atoms with Gasteiger partial charge in [-0.05, 0) is 18.9 Å². The van der Waals surface area contributed by atoms with Crippen LogP contribution < -0.4 is 0 Å². The van der Waals surface area contributed by atoms with Crippen molar-refractivity contribution in [3.8, 4) is 0 Å². The fraction of sp³-hybridized carbons (Fsp3) is 0.731. The van der Waals surface area contributed by atoms with E-state index in [0.29, 0.717) is 45.7 Å². The number of rotatable bonds is 7. The van der Waals surface area contributed by atoms with Crippen LogP contribution in [-0.4, -0.2) is 120 Å². The predicted octanol–water partition coefficient (Wildman–Crippen LogP) is -0.0381. The van der Waals surface area contributed by atoms with Crippen molar-refractivity contribution in [2.45, 2.75) is 50.0 Å². The molecule has 1 N–H and O–H groups in total. The van der Waals surface area contributed by atoms with E-state index in [1.165, 1.54) is 4.90 Å². The summed E-state index contributed by atoms with van der Waals surface area (Å²) in [7, 11) is 0.